The molecule has 0 atom stereocenters. The maximum atomic E-state index is 10.8. The van der Waals surface area contributed by atoms with Crippen LogP contribution in [0.5, 0.6) is 0 Å². The lowest BCUT2D eigenvalue weighted by molar-refractivity contribution is -0.385. The topological polar surface area (TPSA) is 130 Å². The summed E-state index contributed by atoms with van der Waals surface area (Å²) in [5.74, 6) is -1.17. The Hall–Kier alpha value is -2.99. The van der Waals surface area contributed by atoms with Crippen molar-refractivity contribution in [3.8, 4) is 6.07 Å². The van der Waals surface area contributed by atoms with E-state index in [2.05, 4.69) is 9.97 Å². The Morgan fingerprint density at radius 2 is 2.19 bits per heavy atom. The van der Waals surface area contributed by atoms with Crippen molar-refractivity contribution in [3.05, 3.63) is 52.0 Å². The highest BCUT2D eigenvalue weighted by Crippen LogP contribution is 2.30. The first-order valence-electron chi connectivity index (χ1n) is 5.43. The highest BCUT2D eigenvalue weighted by Gasteiger charge is 2.14. The molecule has 0 saturated heterocycles. The van der Waals surface area contributed by atoms with Crippen LogP contribution in [0, 0.1) is 21.4 Å². The van der Waals surface area contributed by atoms with Gasteiger partial charge in [-0.2, -0.15) is 5.26 Å². The molecule has 0 aliphatic heterocycles. The van der Waals surface area contributed by atoms with Crippen LogP contribution in [-0.2, 0) is 0 Å². The normalized spacial score (nSPS) is 9.86. The van der Waals surface area contributed by atoms with Crippen LogP contribution in [0.25, 0.3) is 0 Å². The number of carbonyl (C=O) groups is 1. The quantitative estimate of drug-likeness (QED) is 0.671. The first kappa shape index (κ1) is 14.4. The molecule has 1 N–H and O–H groups in total. The molecule has 0 aliphatic rings. The number of hydrogen-bond acceptors (Lipinski definition) is 7. The summed E-state index contributed by atoms with van der Waals surface area (Å²) in [6.45, 7) is 0. The molecule has 0 saturated carbocycles. The number of nitro groups is 1. The Labute approximate surface area is 122 Å². The van der Waals surface area contributed by atoms with E-state index in [9.17, 15) is 14.9 Å². The molecule has 0 radical (unpaired) electrons. The molecule has 9 heteroatoms. The first-order chi connectivity index (χ1) is 10.0. The van der Waals surface area contributed by atoms with Gasteiger partial charge in [0.15, 0.2) is 0 Å². The van der Waals surface area contributed by atoms with Crippen molar-refractivity contribution in [1.29, 1.82) is 5.26 Å². The Morgan fingerprint density at radius 3 is 2.81 bits per heavy atom. The zero-order valence-corrected chi connectivity index (χ0v) is 11.1. The summed E-state index contributed by atoms with van der Waals surface area (Å²) in [7, 11) is 0. The molecular formula is C12H6N4O4S. The number of pyridine rings is 2. The largest absolute Gasteiger partial charge is 0.477 e. The van der Waals surface area contributed by atoms with Gasteiger partial charge in [-0.3, -0.25) is 10.1 Å². The molecule has 0 aliphatic carbocycles. The van der Waals surface area contributed by atoms with E-state index < -0.39 is 10.9 Å². The zero-order chi connectivity index (χ0) is 15.4. The second kappa shape index (κ2) is 5.98. The van der Waals surface area contributed by atoms with Crippen LogP contribution >= 0.6 is 11.8 Å². The fourth-order valence-corrected chi connectivity index (χ4v) is 2.25. The molecule has 2 rings (SSSR count). The van der Waals surface area contributed by atoms with Crippen LogP contribution in [0.1, 0.15) is 16.1 Å². The molecular weight excluding hydrogens is 296 g/mol. The number of aromatic nitrogens is 2. The van der Waals surface area contributed by atoms with Crippen LogP contribution in [0.3, 0.4) is 0 Å². The standard InChI is InChI=1S/C12H6N4O4S/c13-5-7-3-8(16(19)20)6-15-11(7)21-9-1-2-14-10(4-9)12(17)18/h1-4,6H,(H,17,18). The summed E-state index contributed by atoms with van der Waals surface area (Å²) < 4.78 is 0. The van der Waals surface area contributed by atoms with Crippen LogP contribution in [0.15, 0.2) is 40.5 Å². The molecule has 0 unspecified atom stereocenters. The highest BCUT2D eigenvalue weighted by atomic mass is 32.2. The summed E-state index contributed by atoms with van der Waals surface area (Å²) in [5.41, 5.74) is -0.375. The van der Waals surface area contributed by atoms with Gasteiger partial charge in [-0.15, -0.1) is 0 Å². The van der Waals surface area contributed by atoms with Crippen molar-refractivity contribution in [2.75, 3.05) is 0 Å². The number of hydrogen-bond donors (Lipinski definition) is 1. The Balaban J connectivity index is 2.36. The van der Waals surface area contributed by atoms with E-state index in [1.54, 1.807) is 6.07 Å². The maximum Gasteiger partial charge on any atom is 0.354 e. The molecule has 0 bridgehead atoms. The second-order valence-electron chi connectivity index (χ2n) is 3.70. The van der Waals surface area contributed by atoms with Gasteiger partial charge < -0.3 is 5.11 Å². The number of nitriles is 1. The molecule has 0 amide bonds. The molecule has 2 heterocycles. The molecule has 0 fully saturated rings. The lowest BCUT2D eigenvalue weighted by Gasteiger charge is -2.03. The van der Waals surface area contributed by atoms with Crippen LogP contribution in [-0.4, -0.2) is 26.0 Å². The Kier molecular flexibility index (Phi) is 4.10. The van der Waals surface area contributed by atoms with Crippen molar-refractivity contribution < 1.29 is 14.8 Å². The van der Waals surface area contributed by atoms with Crippen LogP contribution < -0.4 is 0 Å². The van der Waals surface area contributed by atoms with Gasteiger partial charge in [0.05, 0.1) is 10.5 Å². The predicted octanol–water partition coefficient (Wildman–Crippen LogP) is 2.11. The van der Waals surface area contributed by atoms with Crippen molar-refractivity contribution in [2.24, 2.45) is 0 Å². The second-order valence-corrected chi connectivity index (χ2v) is 4.76. The smallest absolute Gasteiger partial charge is 0.354 e. The summed E-state index contributed by atoms with van der Waals surface area (Å²) in [6, 6.07) is 5.84. The minimum absolute atomic E-state index is 0.0443. The van der Waals surface area contributed by atoms with Gasteiger partial charge in [0.25, 0.3) is 5.69 Å². The van der Waals surface area contributed by atoms with E-state index in [1.807, 2.05) is 6.07 Å². The van der Waals surface area contributed by atoms with E-state index in [-0.39, 0.29) is 22.0 Å². The van der Waals surface area contributed by atoms with Crippen LogP contribution in [0.4, 0.5) is 5.69 Å². The fraction of sp³-hybridized carbons (Fsp3) is 0. The number of aromatic carboxylic acids is 1. The van der Waals surface area contributed by atoms with E-state index in [0.717, 1.165) is 24.0 Å². The van der Waals surface area contributed by atoms with Crippen molar-refractivity contribution in [2.45, 2.75) is 9.92 Å². The monoisotopic (exact) mass is 302 g/mol. The van der Waals surface area contributed by atoms with Crippen molar-refractivity contribution >= 4 is 23.4 Å². The predicted molar refractivity (Wildman–Crippen MR) is 70.9 cm³/mol. The van der Waals surface area contributed by atoms with Gasteiger partial charge in [0.1, 0.15) is 23.0 Å². The number of nitrogens with zero attached hydrogens (tertiary/aromatic N) is 4. The zero-order valence-electron chi connectivity index (χ0n) is 10.3. The number of carboxylic acid groups (broad SMARTS) is 1. The number of carboxylic acids is 1. The molecule has 8 nitrogen and oxygen atoms in total. The first-order valence-corrected chi connectivity index (χ1v) is 6.24. The van der Waals surface area contributed by atoms with Gasteiger partial charge in [-0.05, 0) is 12.1 Å². The van der Waals surface area contributed by atoms with Crippen molar-refractivity contribution in [1.82, 2.24) is 9.97 Å². The lowest BCUT2D eigenvalue weighted by Crippen LogP contribution is -1.99. The third-order valence-corrected chi connectivity index (χ3v) is 3.34. The van der Waals surface area contributed by atoms with Gasteiger partial charge in [0, 0.05) is 17.2 Å². The summed E-state index contributed by atoms with van der Waals surface area (Å²) >= 11 is 1.03. The van der Waals surface area contributed by atoms with Crippen molar-refractivity contribution in [3.63, 3.8) is 0 Å². The van der Waals surface area contributed by atoms with Gasteiger partial charge >= 0.3 is 5.97 Å². The lowest BCUT2D eigenvalue weighted by atomic mass is 10.3. The summed E-state index contributed by atoms with van der Waals surface area (Å²) in [6.07, 6.45) is 2.37. The summed E-state index contributed by atoms with van der Waals surface area (Å²) in [5, 5.41) is 28.8. The van der Waals surface area contributed by atoms with E-state index in [4.69, 9.17) is 10.4 Å². The van der Waals surface area contributed by atoms with E-state index >= 15 is 0 Å². The SMILES string of the molecule is N#Cc1cc([N+](=O)[O-])cnc1Sc1ccnc(C(=O)O)c1. The molecule has 2 aromatic rings. The molecule has 0 spiro atoms. The minimum atomic E-state index is -1.17. The Bertz CT molecular complexity index is 772. The van der Waals surface area contributed by atoms with Gasteiger partial charge in [-0.25, -0.2) is 14.8 Å². The minimum Gasteiger partial charge on any atom is -0.477 e. The molecule has 104 valence electrons. The highest BCUT2D eigenvalue weighted by molar-refractivity contribution is 7.99. The molecule has 21 heavy (non-hydrogen) atoms. The van der Waals surface area contributed by atoms with E-state index in [0.29, 0.717) is 4.90 Å². The van der Waals surface area contributed by atoms with E-state index in [1.165, 1.54) is 12.3 Å². The maximum absolute atomic E-state index is 10.8. The molecule has 0 aromatic carbocycles. The Morgan fingerprint density at radius 1 is 1.43 bits per heavy atom. The van der Waals surface area contributed by atoms with Gasteiger partial charge in [0.2, 0.25) is 0 Å². The summed E-state index contributed by atoms with van der Waals surface area (Å²) in [4.78, 5) is 28.9. The van der Waals surface area contributed by atoms with Gasteiger partial charge in [-0.1, -0.05) is 11.8 Å². The average molecular weight is 302 g/mol. The third kappa shape index (κ3) is 3.31. The third-order valence-electron chi connectivity index (χ3n) is 2.33. The fourth-order valence-electron chi connectivity index (χ4n) is 1.41. The molecule has 2 aromatic heterocycles. The number of rotatable bonds is 4. The average Bonchev–Trinajstić information content (AvgIpc) is 2.47. The van der Waals surface area contributed by atoms with Crippen LogP contribution in [0.2, 0.25) is 0 Å².